The van der Waals surface area contributed by atoms with E-state index in [1.807, 2.05) is 19.1 Å². The predicted molar refractivity (Wildman–Crippen MR) is 71.2 cm³/mol. The number of pyridine rings is 1. The highest BCUT2D eigenvalue weighted by atomic mass is 16.6. The van der Waals surface area contributed by atoms with Crippen molar-refractivity contribution in [2.45, 2.75) is 26.6 Å². The number of ketones is 1. The summed E-state index contributed by atoms with van der Waals surface area (Å²) >= 11 is 0. The van der Waals surface area contributed by atoms with Crippen LogP contribution >= 0.6 is 0 Å². The summed E-state index contributed by atoms with van der Waals surface area (Å²) in [4.78, 5) is 16.5. The number of aromatic nitrogens is 1. The molecule has 0 aliphatic carbocycles. The molecule has 1 aliphatic heterocycles. The highest BCUT2D eigenvalue weighted by Crippen LogP contribution is 2.42. The number of carbonyl (C=O) groups excluding carboxylic acids is 1. The Morgan fingerprint density at radius 3 is 2.79 bits per heavy atom. The molecule has 1 N–H and O–H groups in total. The van der Waals surface area contributed by atoms with E-state index in [0.717, 1.165) is 16.5 Å². The van der Waals surface area contributed by atoms with E-state index >= 15 is 0 Å². The Morgan fingerprint density at radius 2 is 2.11 bits per heavy atom. The van der Waals surface area contributed by atoms with Crippen LogP contribution in [0.15, 0.2) is 24.4 Å². The summed E-state index contributed by atoms with van der Waals surface area (Å²) in [6.07, 6.45) is 1.68. The van der Waals surface area contributed by atoms with Crippen molar-refractivity contribution in [2.75, 3.05) is 0 Å². The van der Waals surface area contributed by atoms with Crippen molar-refractivity contribution in [1.29, 1.82) is 0 Å². The molecule has 2 aromatic rings. The summed E-state index contributed by atoms with van der Waals surface area (Å²) in [6, 6.07) is 5.49. The van der Waals surface area contributed by atoms with Gasteiger partial charge in [0.05, 0.1) is 5.56 Å². The van der Waals surface area contributed by atoms with Gasteiger partial charge in [-0.1, -0.05) is 19.9 Å². The van der Waals surface area contributed by atoms with E-state index in [9.17, 15) is 9.90 Å². The van der Waals surface area contributed by atoms with E-state index < -0.39 is 5.79 Å². The standard InChI is InChI=1S/C15H15NO3/c1-8(2)15(18)14(17)11-5-4-10-6-9(3)16-7-12(10)13(11)19-15/h4-8,18H,1-3H3. The van der Waals surface area contributed by atoms with Crippen molar-refractivity contribution in [2.24, 2.45) is 5.92 Å². The Bertz CT molecular complexity index is 693. The third-order valence-electron chi connectivity index (χ3n) is 3.60. The molecule has 1 aliphatic rings. The van der Waals surface area contributed by atoms with Gasteiger partial charge >= 0.3 is 0 Å². The molecule has 19 heavy (non-hydrogen) atoms. The number of hydrogen-bond acceptors (Lipinski definition) is 4. The van der Waals surface area contributed by atoms with Crippen LogP contribution in [0.3, 0.4) is 0 Å². The van der Waals surface area contributed by atoms with Crippen LogP contribution in [0.25, 0.3) is 10.8 Å². The zero-order chi connectivity index (χ0) is 13.8. The first-order valence-corrected chi connectivity index (χ1v) is 6.29. The number of aryl methyl sites for hydroxylation is 1. The van der Waals surface area contributed by atoms with Gasteiger partial charge in [-0.2, -0.15) is 0 Å². The van der Waals surface area contributed by atoms with Crippen LogP contribution in [-0.2, 0) is 0 Å². The fourth-order valence-corrected chi connectivity index (χ4v) is 2.37. The lowest BCUT2D eigenvalue weighted by Crippen LogP contribution is -2.45. The molecule has 0 bridgehead atoms. The monoisotopic (exact) mass is 257 g/mol. The normalized spacial score (nSPS) is 21.8. The maximum absolute atomic E-state index is 12.3. The lowest BCUT2D eigenvalue weighted by atomic mass is 9.95. The summed E-state index contributed by atoms with van der Waals surface area (Å²) in [5.41, 5.74) is 1.32. The molecule has 4 nitrogen and oxygen atoms in total. The number of Topliss-reactive ketones (excluding diaryl/α,β-unsaturated/α-hetero) is 1. The van der Waals surface area contributed by atoms with Crippen LogP contribution in [0.2, 0.25) is 0 Å². The smallest absolute Gasteiger partial charge is 0.275 e. The van der Waals surface area contributed by atoms with Crippen LogP contribution in [0.1, 0.15) is 29.9 Å². The minimum Gasteiger partial charge on any atom is -0.453 e. The number of nitrogens with zero attached hydrogens (tertiary/aromatic N) is 1. The average molecular weight is 257 g/mol. The van der Waals surface area contributed by atoms with E-state index in [-0.39, 0.29) is 11.7 Å². The maximum atomic E-state index is 12.3. The summed E-state index contributed by atoms with van der Waals surface area (Å²) < 4.78 is 5.59. The van der Waals surface area contributed by atoms with Crippen molar-refractivity contribution >= 4 is 16.6 Å². The molecule has 1 aromatic heterocycles. The Hall–Kier alpha value is -1.94. The molecule has 0 saturated heterocycles. The molecule has 1 unspecified atom stereocenters. The molecule has 4 heteroatoms. The van der Waals surface area contributed by atoms with Crippen molar-refractivity contribution in [3.05, 3.63) is 35.7 Å². The quantitative estimate of drug-likeness (QED) is 0.852. The van der Waals surface area contributed by atoms with Crippen LogP contribution in [0, 0.1) is 12.8 Å². The average Bonchev–Trinajstić information content (AvgIpc) is 2.63. The number of hydrogen-bond donors (Lipinski definition) is 1. The van der Waals surface area contributed by atoms with Gasteiger partial charge in [0, 0.05) is 23.2 Å². The Kier molecular flexibility index (Phi) is 2.41. The van der Waals surface area contributed by atoms with Gasteiger partial charge in [-0.3, -0.25) is 9.78 Å². The minimum absolute atomic E-state index is 0.319. The molecule has 0 saturated carbocycles. The number of fused-ring (bicyclic) bond motifs is 3. The molecule has 2 heterocycles. The highest BCUT2D eigenvalue weighted by molar-refractivity contribution is 6.11. The zero-order valence-corrected chi connectivity index (χ0v) is 11.1. The third-order valence-corrected chi connectivity index (χ3v) is 3.60. The fourth-order valence-electron chi connectivity index (χ4n) is 2.37. The molecular formula is C15H15NO3. The largest absolute Gasteiger partial charge is 0.453 e. The molecule has 1 atom stereocenters. The molecule has 98 valence electrons. The Balaban J connectivity index is 2.26. The number of benzene rings is 1. The molecule has 0 amide bonds. The van der Waals surface area contributed by atoms with E-state index in [1.54, 1.807) is 26.1 Å². The second-order valence-electron chi connectivity index (χ2n) is 5.27. The number of rotatable bonds is 1. The first-order chi connectivity index (χ1) is 8.93. The summed E-state index contributed by atoms with van der Waals surface area (Å²) in [6.45, 7) is 5.42. The van der Waals surface area contributed by atoms with E-state index in [4.69, 9.17) is 4.74 Å². The fraction of sp³-hybridized carbons (Fsp3) is 0.333. The van der Waals surface area contributed by atoms with Gasteiger partial charge < -0.3 is 9.84 Å². The zero-order valence-electron chi connectivity index (χ0n) is 11.1. The minimum atomic E-state index is -1.76. The summed E-state index contributed by atoms with van der Waals surface area (Å²) in [5, 5.41) is 12.1. The van der Waals surface area contributed by atoms with E-state index in [2.05, 4.69) is 4.98 Å². The van der Waals surface area contributed by atoms with Gasteiger partial charge in [0.15, 0.2) is 0 Å². The molecule has 0 fully saturated rings. The van der Waals surface area contributed by atoms with Crippen molar-refractivity contribution in [1.82, 2.24) is 4.98 Å². The number of aliphatic hydroxyl groups is 1. The predicted octanol–water partition coefficient (Wildman–Crippen LogP) is 2.46. The lowest BCUT2D eigenvalue weighted by Gasteiger charge is -2.24. The molecule has 0 spiro atoms. The number of carbonyl (C=O) groups is 1. The Morgan fingerprint density at radius 1 is 1.37 bits per heavy atom. The van der Waals surface area contributed by atoms with Crippen LogP contribution in [0.5, 0.6) is 5.75 Å². The van der Waals surface area contributed by atoms with Gasteiger partial charge in [0.2, 0.25) is 5.78 Å². The maximum Gasteiger partial charge on any atom is 0.275 e. The van der Waals surface area contributed by atoms with Crippen LogP contribution in [0.4, 0.5) is 0 Å². The highest BCUT2D eigenvalue weighted by Gasteiger charge is 2.49. The molecule has 1 aromatic carbocycles. The van der Waals surface area contributed by atoms with Gasteiger partial charge in [-0.05, 0) is 24.4 Å². The SMILES string of the molecule is Cc1cc2ccc3c(c2cn1)OC(O)(C(C)C)C3=O. The molecule has 0 radical (unpaired) electrons. The Labute approximate surface area is 111 Å². The van der Waals surface area contributed by atoms with Gasteiger partial charge in [-0.15, -0.1) is 0 Å². The van der Waals surface area contributed by atoms with Crippen LogP contribution < -0.4 is 4.74 Å². The van der Waals surface area contributed by atoms with Gasteiger partial charge in [-0.25, -0.2) is 0 Å². The van der Waals surface area contributed by atoms with Gasteiger partial charge in [0.1, 0.15) is 5.75 Å². The second kappa shape index (κ2) is 3.78. The van der Waals surface area contributed by atoms with Crippen molar-refractivity contribution < 1.29 is 14.6 Å². The summed E-state index contributed by atoms with van der Waals surface area (Å²) in [5.74, 6) is -2.02. The van der Waals surface area contributed by atoms with E-state index in [0.29, 0.717) is 11.3 Å². The lowest BCUT2D eigenvalue weighted by molar-refractivity contribution is -0.120. The third kappa shape index (κ3) is 1.56. The number of ether oxygens (including phenoxy) is 1. The van der Waals surface area contributed by atoms with E-state index in [1.165, 1.54) is 0 Å². The first-order valence-electron chi connectivity index (χ1n) is 6.29. The van der Waals surface area contributed by atoms with Crippen molar-refractivity contribution in [3.8, 4) is 5.75 Å². The topological polar surface area (TPSA) is 59.4 Å². The van der Waals surface area contributed by atoms with Crippen molar-refractivity contribution in [3.63, 3.8) is 0 Å². The summed E-state index contributed by atoms with van der Waals surface area (Å²) in [7, 11) is 0. The molecular weight excluding hydrogens is 242 g/mol. The second-order valence-corrected chi connectivity index (χ2v) is 5.27. The van der Waals surface area contributed by atoms with Gasteiger partial charge in [0.25, 0.3) is 5.79 Å². The van der Waals surface area contributed by atoms with Crippen LogP contribution in [-0.4, -0.2) is 21.7 Å². The molecule has 3 rings (SSSR count). The first kappa shape index (κ1) is 12.1.